The van der Waals surface area contributed by atoms with Crippen LogP contribution in [0.3, 0.4) is 0 Å². The zero-order chi connectivity index (χ0) is 5.11. The molecule has 1 rings (SSSR count). The van der Waals surface area contributed by atoms with Gasteiger partial charge in [0.1, 0.15) is 0 Å². The maximum atomic E-state index is 4.85. The lowest BCUT2D eigenvalue weighted by atomic mass is 11.1. The molecule has 5 nitrogen and oxygen atoms in total. The number of rotatable bonds is 1. The molecule has 0 aliphatic carbocycles. The lowest BCUT2D eigenvalue weighted by Crippen LogP contribution is -2.06. The highest BCUT2D eigenvalue weighted by molar-refractivity contribution is 5.11. The van der Waals surface area contributed by atoms with Crippen LogP contribution in [0.4, 0.5) is 6.01 Å². The lowest BCUT2D eigenvalue weighted by Gasteiger charge is -1.81. The molecule has 0 aromatic carbocycles. The molecule has 7 heavy (non-hydrogen) atoms. The minimum atomic E-state index is 0.222. The van der Waals surface area contributed by atoms with Crippen LogP contribution in [0.15, 0.2) is 10.9 Å². The largest absolute Gasteiger partial charge is 0.335 e. The van der Waals surface area contributed by atoms with Crippen molar-refractivity contribution in [2.24, 2.45) is 5.84 Å². The molecule has 0 amide bonds. The molecule has 0 fully saturated rings. The predicted molar refractivity (Wildman–Crippen MR) is 22.1 cm³/mol. The molecule has 0 unspecified atom stereocenters. The Labute approximate surface area is 39.5 Å². The summed E-state index contributed by atoms with van der Waals surface area (Å²) in [4.78, 5) is 3.52. The van der Waals surface area contributed by atoms with Gasteiger partial charge in [0.15, 0.2) is 6.33 Å². The first kappa shape index (κ1) is 4.07. The van der Waals surface area contributed by atoms with Gasteiger partial charge in [-0.3, -0.25) is 5.43 Å². The van der Waals surface area contributed by atoms with Crippen molar-refractivity contribution in [3.05, 3.63) is 6.33 Å². The number of hydrazine groups is 1. The van der Waals surface area contributed by atoms with Crippen LogP contribution >= 0.6 is 0 Å². The molecule has 0 bridgehead atoms. The molecule has 1 aromatic heterocycles. The Hall–Kier alpha value is -1.10. The van der Waals surface area contributed by atoms with E-state index in [0.717, 1.165) is 0 Å². The van der Waals surface area contributed by atoms with E-state index in [9.17, 15) is 0 Å². The van der Waals surface area contributed by atoms with Crippen molar-refractivity contribution < 1.29 is 4.52 Å². The highest BCUT2D eigenvalue weighted by atomic mass is 16.5. The molecule has 0 radical (unpaired) electrons. The third-order valence-electron chi connectivity index (χ3n) is 0.485. The van der Waals surface area contributed by atoms with E-state index in [1.165, 1.54) is 6.33 Å². The first-order valence-corrected chi connectivity index (χ1v) is 1.67. The summed E-state index contributed by atoms with van der Waals surface area (Å²) in [7, 11) is 0. The number of hydrogen-bond donors (Lipinski definition) is 2. The van der Waals surface area contributed by atoms with Crippen LogP contribution in [-0.4, -0.2) is 10.1 Å². The summed E-state index contributed by atoms with van der Waals surface area (Å²) in [6.45, 7) is 0. The molecule has 1 aromatic rings. The normalized spacial score (nSPS) is 8.71. The van der Waals surface area contributed by atoms with Crippen molar-refractivity contribution in [1.82, 2.24) is 10.1 Å². The molecule has 0 aliphatic rings. The molecular weight excluding hydrogens is 96.0 g/mol. The van der Waals surface area contributed by atoms with Crippen molar-refractivity contribution in [1.29, 1.82) is 0 Å². The number of nitrogens with zero attached hydrogens (tertiary/aromatic N) is 2. The zero-order valence-electron chi connectivity index (χ0n) is 3.46. The highest BCUT2D eigenvalue weighted by Gasteiger charge is 1.87. The van der Waals surface area contributed by atoms with Gasteiger partial charge in [-0.25, -0.2) is 5.84 Å². The van der Waals surface area contributed by atoms with Gasteiger partial charge in [-0.15, -0.1) is 0 Å². The fourth-order valence-electron chi connectivity index (χ4n) is 0.237. The Balaban J connectivity index is 2.76. The van der Waals surface area contributed by atoms with Gasteiger partial charge in [0.05, 0.1) is 0 Å². The van der Waals surface area contributed by atoms with Gasteiger partial charge in [-0.2, -0.15) is 4.98 Å². The van der Waals surface area contributed by atoms with Crippen LogP contribution in [-0.2, 0) is 0 Å². The van der Waals surface area contributed by atoms with E-state index in [1.54, 1.807) is 0 Å². The molecule has 0 spiro atoms. The maximum Gasteiger partial charge on any atom is 0.335 e. The average Bonchev–Trinajstić information content (AvgIpc) is 2.14. The molecule has 0 atom stereocenters. The Morgan fingerprint density at radius 3 is 3.00 bits per heavy atom. The van der Waals surface area contributed by atoms with E-state index >= 15 is 0 Å². The molecule has 3 N–H and O–H groups in total. The van der Waals surface area contributed by atoms with E-state index in [4.69, 9.17) is 5.84 Å². The van der Waals surface area contributed by atoms with Gasteiger partial charge in [-0.1, -0.05) is 5.16 Å². The quantitative estimate of drug-likeness (QED) is 0.362. The van der Waals surface area contributed by atoms with Gasteiger partial charge in [0.25, 0.3) is 0 Å². The van der Waals surface area contributed by atoms with Gasteiger partial charge in [0.2, 0.25) is 0 Å². The van der Waals surface area contributed by atoms with E-state index in [0.29, 0.717) is 0 Å². The SMILES string of the molecule is NNc1ncno1. The number of hydrogen-bond acceptors (Lipinski definition) is 5. The summed E-state index contributed by atoms with van der Waals surface area (Å²) in [5, 5.41) is 3.26. The molecule has 38 valence electrons. The topological polar surface area (TPSA) is 77.0 Å². The number of nitrogen functional groups attached to an aromatic ring is 1. The lowest BCUT2D eigenvalue weighted by molar-refractivity contribution is 0.430. The Morgan fingerprint density at radius 2 is 2.71 bits per heavy atom. The van der Waals surface area contributed by atoms with Crippen molar-refractivity contribution in [3.63, 3.8) is 0 Å². The van der Waals surface area contributed by atoms with Crippen molar-refractivity contribution in [2.75, 3.05) is 5.43 Å². The number of nitrogens with one attached hydrogen (secondary N) is 1. The van der Waals surface area contributed by atoms with Crippen LogP contribution in [0.25, 0.3) is 0 Å². The second-order valence-electron chi connectivity index (χ2n) is 0.891. The minimum absolute atomic E-state index is 0.222. The highest BCUT2D eigenvalue weighted by Crippen LogP contribution is 1.91. The summed E-state index contributed by atoms with van der Waals surface area (Å²) in [6, 6.07) is 0.222. The fraction of sp³-hybridized carbons (Fsp3) is 0. The van der Waals surface area contributed by atoms with Crippen molar-refractivity contribution >= 4 is 6.01 Å². The molecule has 0 saturated heterocycles. The van der Waals surface area contributed by atoms with Gasteiger partial charge in [-0.05, 0) is 0 Å². The van der Waals surface area contributed by atoms with Crippen LogP contribution in [0.5, 0.6) is 0 Å². The van der Waals surface area contributed by atoms with Crippen LogP contribution in [0.1, 0.15) is 0 Å². The van der Waals surface area contributed by atoms with Gasteiger partial charge < -0.3 is 4.52 Å². The third-order valence-corrected chi connectivity index (χ3v) is 0.485. The fourth-order valence-corrected chi connectivity index (χ4v) is 0.237. The summed E-state index contributed by atoms with van der Waals surface area (Å²) < 4.78 is 4.39. The van der Waals surface area contributed by atoms with E-state index in [1.807, 2.05) is 0 Å². The average molecular weight is 100 g/mol. The standard InChI is InChI=1S/C2H4N4O/c3-6-2-4-1-5-7-2/h1H,3H2,(H,4,5,6). The molecule has 0 aliphatic heterocycles. The van der Waals surface area contributed by atoms with E-state index in [-0.39, 0.29) is 6.01 Å². The van der Waals surface area contributed by atoms with Gasteiger partial charge in [0, 0.05) is 0 Å². The predicted octanol–water partition coefficient (Wildman–Crippen LogP) is -0.645. The molecule has 5 heteroatoms. The number of aromatic nitrogens is 2. The molecule has 1 heterocycles. The number of nitrogens with two attached hydrogens (primary N) is 1. The summed E-state index contributed by atoms with van der Waals surface area (Å²) >= 11 is 0. The van der Waals surface area contributed by atoms with E-state index < -0.39 is 0 Å². The third kappa shape index (κ3) is 0.660. The van der Waals surface area contributed by atoms with Crippen molar-refractivity contribution in [3.8, 4) is 0 Å². The smallest absolute Gasteiger partial charge is 0.314 e. The number of anilines is 1. The second-order valence-corrected chi connectivity index (χ2v) is 0.891. The summed E-state index contributed by atoms with van der Waals surface area (Å²) in [5.74, 6) is 4.85. The minimum Gasteiger partial charge on any atom is -0.314 e. The first-order valence-electron chi connectivity index (χ1n) is 1.67. The van der Waals surface area contributed by atoms with Crippen LogP contribution in [0.2, 0.25) is 0 Å². The monoisotopic (exact) mass is 100 g/mol. The zero-order valence-corrected chi connectivity index (χ0v) is 3.46. The van der Waals surface area contributed by atoms with E-state index in [2.05, 4.69) is 20.1 Å². The second kappa shape index (κ2) is 1.57. The molecule has 0 saturated carbocycles. The van der Waals surface area contributed by atoms with Crippen molar-refractivity contribution in [2.45, 2.75) is 0 Å². The first-order chi connectivity index (χ1) is 3.43. The maximum absolute atomic E-state index is 4.85. The van der Waals surface area contributed by atoms with Crippen LogP contribution in [0, 0.1) is 0 Å². The molecular formula is C2H4N4O. The van der Waals surface area contributed by atoms with Crippen LogP contribution < -0.4 is 11.3 Å². The Kier molecular flexibility index (Phi) is 0.910. The summed E-state index contributed by atoms with van der Waals surface area (Å²) in [6.07, 6.45) is 1.26. The Morgan fingerprint density at radius 1 is 1.86 bits per heavy atom. The summed E-state index contributed by atoms with van der Waals surface area (Å²) in [5.41, 5.74) is 2.17. The van der Waals surface area contributed by atoms with Gasteiger partial charge >= 0.3 is 6.01 Å². The Bertz CT molecular complexity index is 124.